The van der Waals surface area contributed by atoms with Crippen LogP contribution in [0.5, 0.6) is 0 Å². The summed E-state index contributed by atoms with van der Waals surface area (Å²) < 4.78 is 4.85. The van der Waals surface area contributed by atoms with Crippen molar-refractivity contribution in [3.05, 3.63) is 99.7 Å². The second-order valence-electron chi connectivity index (χ2n) is 8.43. The van der Waals surface area contributed by atoms with Crippen LogP contribution in [0.25, 0.3) is 0 Å². The number of rotatable bonds is 11. The maximum atomic E-state index is 13.0. The van der Waals surface area contributed by atoms with Gasteiger partial charge in [-0.25, -0.2) is 4.98 Å². The Morgan fingerprint density at radius 3 is 2.08 bits per heavy atom. The number of ether oxygens (including phenoxy) is 1. The number of likely N-dealkylation sites (N-methyl/N-ethyl adjacent to an activating group) is 1. The smallest absolute Gasteiger partial charge is 0.306 e. The number of nitrogens with zero attached hydrogens (tertiary/aromatic N) is 2. The third-order valence-electron chi connectivity index (χ3n) is 5.49. The van der Waals surface area contributed by atoms with E-state index in [1.807, 2.05) is 60.7 Å². The Bertz CT molecular complexity index is 1270. The molecule has 3 aromatic rings. The van der Waals surface area contributed by atoms with Gasteiger partial charge in [0.2, 0.25) is 0 Å². The van der Waals surface area contributed by atoms with Gasteiger partial charge >= 0.3 is 5.97 Å². The summed E-state index contributed by atoms with van der Waals surface area (Å²) in [5.41, 5.74) is 0.686. The zero-order chi connectivity index (χ0) is 26.8. The highest BCUT2D eigenvalue weighted by Gasteiger charge is 2.21. The number of aromatic amines is 1. The summed E-state index contributed by atoms with van der Waals surface area (Å²) in [6, 6.07) is 18.2. The number of ketones is 1. The molecule has 2 amide bonds. The van der Waals surface area contributed by atoms with Gasteiger partial charge in [-0.2, -0.15) is 0 Å². The van der Waals surface area contributed by atoms with Crippen LogP contribution in [0.1, 0.15) is 57.4 Å². The highest BCUT2D eigenvalue weighted by atomic mass is 16.5. The molecule has 37 heavy (non-hydrogen) atoms. The molecule has 192 valence electrons. The van der Waals surface area contributed by atoms with Crippen LogP contribution >= 0.6 is 0 Å². The summed E-state index contributed by atoms with van der Waals surface area (Å²) in [6.45, 7) is -0.367. The number of amides is 2. The van der Waals surface area contributed by atoms with Crippen molar-refractivity contribution in [2.45, 2.75) is 25.3 Å². The maximum Gasteiger partial charge on any atom is 0.306 e. The summed E-state index contributed by atoms with van der Waals surface area (Å²) in [4.78, 5) is 68.8. The largest absolute Gasteiger partial charge is 0.456 e. The Morgan fingerprint density at radius 2 is 1.54 bits per heavy atom. The van der Waals surface area contributed by atoms with E-state index >= 15 is 0 Å². The molecule has 0 spiro atoms. The number of carbonyl (C=O) groups is 4. The van der Waals surface area contributed by atoms with E-state index in [2.05, 4.69) is 15.3 Å². The fourth-order valence-electron chi connectivity index (χ4n) is 3.41. The summed E-state index contributed by atoms with van der Waals surface area (Å²) >= 11 is 0. The summed E-state index contributed by atoms with van der Waals surface area (Å²) in [5, 5.41) is 2.87. The minimum Gasteiger partial charge on any atom is -0.456 e. The summed E-state index contributed by atoms with van der Waals surface area (Å²) in [6.07, 6.45) is 1.07. The van der Waals surface area contributed by atoms with Crippen LogP contribution in [-0.2, 0) is 14.3 Å². The van der Waals surface area contributed by atoms with Crippen LogP contribution in [0, 0.1) is 0 Å². The number of hydrogen-bond acceptors (Lipinski definition) is 7. The molecule has 0 aliphatic rings. The van der Waals surface area contributed by atoms with Crippen LogP contribution in [0.2, 0.25) is 0 Å². The predicted octanol–water partition coefficient (Wildman–Crippen LogP) is 2.27. The minimum absolute atomic E-state index is 0.0719. The van der Waals surface area contributed by atoms with Crippen molar-refractivity contribution in [1.29, 1.82) is 0 Å². The van der Waals surface area contributed by atoms with Gasteiger partial charge in [0.25, 0.3) is 17.4 Å². The van der Waals surface area contributed by atoms with Gasteiger partial charge in [0.05, 0.1) is 6.04 Å². The third-order valence-corrected chi connectivity index (χ3v) is 5.49. The van der Waals surface area contributed by atoms with E-state index in [0.717, 1.165) is 17.3 Å². The number of H-pyrrole nitrogens is 1. The molecule has 3 rings (SSSR count). The number of Topliss-reactive ketones (excluding diaryl/α,β-unsaturated/α-hetero) is 1. The van der Waals surface area contributed by atoms with Crippen LogP contribution in [0.3, 0.4) is 0 Å². The quantitative estimate of drug-likeness (QED) is 0.302. The van der Waals surface area contributed by atoms with E-state index in [-0.39, 0.29) is 43.2 Å². The van der Waals surface area contributed by atoms with Crippen molar-refractivity contribution >= 4 is 23.6 Å². The zero-order valence-electron chi connectivity index (χ0n) is 20.6. The van der Waals surface area contributed by atoms with Gasteiger partial charge < -0.3 is 19.9 Å². The topological polar surface area (TPSA) is 139 Å². The number of esters is 1. The number of carbonyl (C=O) groups excluding carboxylic acids is 4. The molecule has 0 fully saturated rings. The van der Waals surface area contributed by atoms with E-state index in [1.54, 1.807) is 14.1 Å². The van der Waals surface area contributed by atoms with Crippen molar-refractivity contribution in [2.75, 3.05) is 20.7 Å². The molecule has 10 nitrogen and oxygen atoms in total. The normalized spacial score (nSPS) is 10.6. The van der Waals surface area contributed by atoms with Gasteiger partial charge in [-0.1, -0.05) is 60.7 Å². The Balaban J connectivity index is 1.61. The van der Waals surface area contributed by atoms with E-state index in [9.17, 15) is 24.0 Å². The predicted molar refractivity (Wildman–Crippen MR) is 135 cm³/mol. The lowest BCUT2D eigenvalue weighted by Crippen LogP contribution is -2.34. The Hall–Kier alpha value is -4.60. The van der Waals surface area contributed by atoms with E-state index in [0.29, 0.717) is 0 Å². The fraction of sp³-hybridized carbons (Fsp3) is 0.259. The SMILES string of the molecule is CN(C)C(=O)COC(=O)CCCC(=O)c1ncc(C(=O)NC(c2ccccc2)c2ccccc2)c(=O)[nH]1. The molecule has 0 bridgehead atoms. The first-order chi connectivity index (χ1) is 17.8. The summed E-state index contributed by atoms with van der Waals surface area (Å²) in [5.74, 6) is -2.30. The van der Waals surface area contributed by atoms with Gasteiger partial charge in [-0.05, 0) is 17.5 Å². The number of hydrogen-bond donors (Lipinski definition) is 2. The lowest BCUT2D eigenvalue weighted by Gasteiger charge is -2.19. The first-order valence-electron chi connectivity index (χ1n) is 11.6. The van der Waals surface area contributed by atoms with Crippen LogP contribution in [0.15, 0.2) is 71.7 Å². The number of nitrogens with one attached hydrogen (secondary N) is 2. The van der Waals surface area contributed by atoms with Gasteiger partial charge in [0.15, 0.2) is 18.2 Å². The van der Waals surface area contributed by atoms with E-state index in [4.69, 9.17) is 4.74 Å². The second kappa shape index (κ2) is 12.9. The molecule has 0 aliphatic heterocycles. The molecule has 0 atom stereocenters. The van der Waals surface area contributed by atoms with Crippen LogP contribution < -0.4 is 10.9 Å². The molecule has 0 saturated carbocycles. The molecule has 0 unspecified atom stereocenters. The molecule has 0 radical (unpaired) electrons. The van der Waals surface area contributed by atoms with Gasteiger partial charge in [-0.3, -0.25) is 24.0 Å². The van der Waals surface area contributed by atoms with E-state index < -0.39 is 29.3 Å². The van der Waals surface area contributed by atoms with Crippen LogP contribution in [0.4, 0.5) is 0 Å². The molecular formula is C27H28N4O6. The minimum atomic E-state index is -0.752. The first-order valence-corrected chi connectivity index (χ1v) is 11.6. The summed E-state index contributed by atoms with van der Waals surface area (Å²) in [7, 11) is 3.09. The highest BCUT2D eigenvalue weighted by molar-refractivity contribution is 5.96. The van der Waals surface area contributed by atoms with Crippen LogP contribution in [-0.4, -0.2) is 59.1 Å². The Kier molecular flexibility index (Phi) is 9.42. The molecule has 1 heterocycles. The standard InChI is InChI=1S/C27H28N4O6/c1-31(2)22(33)17-37-23(34)15-9-14-21(32)25-28-16-20(27(36)30-25)26(35)29-24(18-10-5-3-6-11-18)19-12-7-4-8-13-19/h3-8,10-13,16,24H,9,14-15,17H2,1-2H3,(H,29,35)(H,28,30,36). The fourth-order valence-corrected chi connectivity index (χ4v) is 3.41. The third kappa shape index (κ3) is 7.69. The molecular weight excluding hydrogens is 476 g/mol. The number of aromatic nitrogens is 2. The van der Waals surface area contributed by atoms with Crippen molar-refractivity contribution in [3.8, 4) is 0 Å². The van der Waals surface area contributed by atoms with Crippen molar-refractivity contribution in [3.63, 3.8) is 0 Å². The van der Waals surface area contributed by atoms with Gasteiger partial charge in [-0.15, -0.1) is 0 Å². The molecule has 2 N–H and O–H groups in total. The van der Waals surface area contributed by atoms with Gasteiger partial charge in [0, 0.05) is 33.1 Å². The zero-order valence-corrected chi connectivity index (χ0v) is 20.6. The number of benzene rings is 2. The molecule has 10 heteroatoms. The molecule has 0 saturated heterocycles. The van der Waals surface area contributed by atoms with Gasteiger partial charge in [0.1, 0.15) is 5.56 Å². The monoisotopic (exact) mass is 504 g/mol. The van der Waals surface area contributed by atoms with E-state index in [1.165, 1.54) is 4.90 Å². The van der Waals surface area contributed by atoms with Crippen molar-refractivity contribution in [2.24, 2.45) is 0 Å². The average Bonchev–Trinajstić information content (AvgIpc) is 2.91. The maximum absolute atomic E-state index is 13.0. The second-order valence-corrected chi connectivity index (χ2v) is 8.43. The lowest BCUT2D eigenvalue weighted by molar-refractivity contribution is -0.151. The highest BCUT2D eigenvalue weighted by Crippen LogP contribution is 2.22. The molecule has 2 aromatic carbocycles. The lowest BCUT2D eigenvalue weighted by atomic mass is 9.98. The van der Waals surface area contributed by atoms with Crippen molar-refractivity contribution < 1.29 is 23.9 Å². The Morgan fingerprint density at radius 1 is 0.946 bits per heavy atom. The molecule has 1 aromatic heterocycles. The first kappa shape index (κ1) is 27.0. The average molecular weight is 505 g/mol. The molecule has 0 aliphatic carbocycles. The Labute approximate surface area is 213 Å². The van der Waals surface area contributed by atoms with Crippen molar-refractivity contribution in [1.82, 2.24) is 20.2 Å².